The fraction of sp³-hybridized carbons (Fsp3) is 0.682. The van der Waals surface area contributed by atoms with Crippen molar-refractivity contribution < 1.29 is 24.0 Å². The molecule has 2 aromatic rings. The van der Waals surface area contributed by atoms with E-state index >= 15 is 0 Å². The highest BCUT2D eigenvalue weighted by Gasteiger charge is 2.39. The number of hydrogen-bond acceptors (Lipinski definition) is 6. The lowest BCUT2D eigenvalue weighted by Crippen LogP contribution is -3.29. The average Bonchev–Trinajstić information content (AvgIpc) is 3.51. The highest BCUT2D eigenvalue weighted by atomic mass is 16.5. The molecule has 1 aliphatic heterocycles. The van der Waals surface area contributed by atoms with Gasteiger partial charge in [-0.3, -0.25) is 0 Å². The van der Waals surface area contributed by atoms with E-state index in [1.807, 2.05) is 16.8 Å². The summed E-state index contributed by atoms with van der Waals surface area (Å²) in [6.45, 7) is 5.74. The maximum atomic E-state index is 5.78. The van der Waals surface area contributed by atoms with Crippen LogP contribution in [-0.2, 0) is 11.3 Å². The molecule has 1 saturated heterocycles. The van der Waals surface area contributed by atoms with Crippen molar-refractivity contribution in [2.45, 2.75) is 44.3 Å². The van der Waals surface area contributed by atoms with Crippen LogP contribution in [-0.4, -0.2) is 80.4 Å². The molecule has 1 aliphatic carbocycles. The molecule has 0 radical (unpaired) electrons. The number of benzene rings is 1. The van der Waals surface area contributed by atoms with Crippen LogP contribution >= 0.6 is 0 Å². The van der Waals surface area contributed by atoms with E-state index in [4.69, 9.17) is 14.2 Å². The van der Waals surface area contributed by atoms with Crippen LogP contribution in [0.15, 0.2) is 18.2 Å². The Morgan fingerprint density at radius 1 is 1.06 bits per heavy atom. The zero-order chi connectivity index (χ0) is 21.6. The topological polar surface area (TPSA) is 80.2 Å². The normalized spacial score (nSPS) is 23.1. The minimum absolute atomic E-state index is 0.00200. The highest BCUT2D eigenvalue weighted by Crippen LogP contribution is 2.31. The summed E-state index contributed by atoms with van der Waals surface area (Å²) in [7, 11) is 5.08. The highest BCUT2D eigenvalue weighted by molar-refractivity contribution is 5.43. The van der Waals surface area contributed by atoms with Gasteiger partial charge in [0.1, 0.15) is 37.7 Å². The molecule has 2 N–H and O–H groups in total. The number of quaternary nitrogens is 2. The molecule has 0 amide bonds. The molecule has 170 valence electrons. The lowest BCUT2D eigenvalue weighted by molar-refractivity contribution is -1.03. The summed E-state index contributed by atoms with van der Waals surface area (Å²) in [4.78, 5) is 3.26. The van der Waals surface area contributed by atoms with E-state index in [1.54, 1.807) is 26.2 Å². The minimum atomic E-state index is -0.00200. The molecule has 1 aromatic heterocycles. The largest absolute Gasteiger partial charge is 0.497 e. The Hall–Kier alpha value is -2.23. The van der Waals surface area contributed by atoms with Crippen LogP contribution in [0, 0.1) is 0 Å². The zero-order valence-electron chi connectivity index (χ0n) is 19.0. The first-order valence-electron chi connectivity index (χ1n) is 11.4. The van der Waals surface area contributed by atoms with Gasteiger partial charge >= 0.3 is 0 Å². The van der Waals surface area contributed by atoms with Gasteiger partial charge in [-0.1, -0.05) is 0 Å². The fourth-order valence-electron chi connectivity index (χ4n) is 5.28. The molecule has 2 fully saturated rings. The third-order valence-electron chi connectivity index (χ3n) is 6.95. The molecular weight excluding hydrogens is 396 g/mol. The van der Waals surface area contributed by atoms with Gasteiger partial charge in [0.15, 0.2) is 6.04 Å². The molecule has 1 atom stereocenters. The standard InChI is InChI=1S/C22H34N6O3/c1-29-15-14-28-22(23-24-25-28)21(19-9-8-18(30-2)16-20(19)31-3)27-12-10-26(11-13-27)17-6-4-5-7-17/h8-9,16-17,21H,4-7,10-15H2,1-3H3/p+2/t21-/m1/s1. The minimum Gasteiger partial charge on any atom is -0.497 e. The average molecular weight is 433 g/mol. The van der Waals surface area contributed by atoms with E-state index < -0.39 is 0 Å². The maximum absolute atomic E-state index is 5.78. The van der Waals surface area contributed by atoms with Gasteiger partial charge in [-0.15, -0.1) is 5.10 Å². The Morgan fingerprint density at radius 3 is 2.52 bits per heavy atom. The zero-order valence-corrected chi connectivity index (χ0v) is 19.0. The first-order chi connectivity index (χ1) is 15.2. The van der Waals surface area contributed by atoms with Gasteiger partial charge in [-0.05, 0) is 48.2 Å². The monoisotopic (exact) mass is 432 g/mol. The van der Waals surface area contributed by atoms with Crippen molar-refractivity contribution >= 4 is 0 Å². The molecular formula is C22H36N6O3+2. The summed E-state index contributed by atoms with van der Waals surface area (Å²) < 4.78 is 18.4. The van der Waals surface area contributed by atoms with Crippen molar-refractivity contribution in [3.8, 4) is 11.5 Å². The summed E-state index contributed by atoms with van der Waals surface area (Å²) in [6.07, 6.45) is 5.56. The number of nitrogens with zero attached hydrogens (tertiary/aromatic N) is 4. The molecule has 1 aromatic carbocycles. The Morgan fingerprint density at radius 2 is 1.84 bits per heavy atom. The molecule has 2 heterocycles. The lowest BCUT2D eigenvalue weighted by atomic mass is 10.0. The molecule has 1 saturated carbocycles. The SMILES string of the molecule is COCCn1nnnc1[C@@H](c1ccc(OC)cc1OC)[NH+]1CC[NH+](C2CCCC2)CC1. The van der Waals surface area contributed by atoms with Crippen LogP contribution < -0.4 is 19.3 Å². The number of ether oxygens (including phenoxy) is 3. The third kappa shape index (κ3) is 4.83. The molecule has 0 spiro atoms. The van der Waals surface area contributed by atoms with Gasteiger partial charge < -0.3 is 24.0 Å². The third-order valence-corrected chi connectivity index (χ3v) is 6.95. The van der Waals surface area contributed by atoms with Crippen LogP contribution in [0.5, 0.6) is 11.5 Å². The fourth-order valence-corrected chi connectivity index (χ4v) is 5.28. The van der Waals surface area contributed by atoms with Crippen LogP contribution in [0.4, 0.5) is 0 Å². The summed E-state index contributed by atoms with van der Waals surface area (Å²) in [6, 6.07) is 6.89. The Bertz CT molecular complexity index is 830. The number of tetrazole rings is 1. The number of nitrogens with one attached hydrogen (secondary N) is 2. The van der Waals surface area contributed by atoms with Crippen LogP contribution in [0.2, 0.25) is 0 Å². The molecule has 4 rings (SSSR count). The number of piperazine rings is 1. The Labute approximate surface area is 184 Å². The first kappa shape index (κ1) is 22.0. The Kier molecular flexibility index (Phi) is 7.37. The van der Waals surface area contributed by atoms with E-state index in [-0.39, 0.29) is 6.04 Å². The lowest BCUT2D eigenvalue weighted by Gasteiger charge is -2.36. The number of aromatic nitrogens is 4. The predicted octanol–water partition coefficient (Wildman–Crippen LogP) is -0.848. The predicted molar refractivity (Wildman–Crippen MR) is 115 cm³/mol. The number of hydrogen-bond donors (Lipinski definition) is 2. The first-order valence-corrected chi connectivity index (χ1v) is 11.4. The van der Waals surface area contributed by atoms with Crippen molar-refractivity contribution in [1.29, 1.82) is 0 Å². The van der Waals surface area contributed by atoms with E-state index in [9.17, 15) is 0 Å². The Balaban J connectivity index is 1.63. The van der Waals surface area contributed by atoms with Gasteiger partial charge in [0.05, 0.1) is 39.0 Å². The van der Waals surface area contributed by atoms with Crippen molar-refractivity contribution in [2.75, 3.05) is 54.1 Å². The van der Waals surface area contributed by atoms with Crippen LogP contribution in [0.25, 0.3) is 0 Å². The second kappa shape index (κ2) is 10.4. The molecule has 0 bridgehead atoms. The summed E-state index contributed by atoms with van der Waals surface area (Å²) in [5.41, 5.74) is 1.09. The van der Waals surface area contributed by atoms with Crippen LogP contribution in [0.1, 0.15) is 43.1 Å². The van der Waals surface area contributed by atoms with Gasteiger partial charge in [0, 0.05) is 13.2 Å². The van der Waals surface area contributed by atoms with Gasteiger partial charge in [-0.2, -0.15) is 0 Å². The number of methoxy groups -OCH3 is 3. The molecule has 9 nitrogen and oxygen atoms in total. The van der Waals surface area contributed by atoms with E-state index in [0.717, 1.165) is 42.0 Å². The molecule has 9 heteroatoms. The van der Waals surface area contributed by atoms with Crippen molar-refractivity contribution in [1.82, 2.24) is 20.2 Å². The summed E-state index contributed by atoms with van der Waals surface area (Å²) >= 11 is 0. The van der Waals surface area contributed by atoms with Crippen LogP contribution in [0.3, 0.4) is 0 Å². The van der Waals surface area contributed by atoms with Gasteiger partial charge in [-0.25, -0.2) is 4.68 Å². The second-order valence-corrected chi connectivity index (χ2v) is 8.59. The maximum Gasteiger partial charge on any atom is 0.214 e. The van der Waals surface area contributed by atoms with Crippen molar-refractivity contribution in [3.63, 3.8) is 0 Å². The van der Waals surface area contributed by atoms with E-state index in [0.29, 0.717) is 13.2 Å². The quantitative estimate of drug-likeness (QED) is 0.538. The van der Waals surface area contributed by atoms with E-state index in [2.05, 4.69) is 21.6 Å². The molecule has 2 aliphatic rings. The summed E-state index contributed by atoms with van der Waals surface area (Å²) in [5, 5.41) is 12.7. The summed E-state index contributed by atoms with van der Waals surface area (Å²) in [5.74, 6) is 2.45. The molecule has 31 heavy (non-hydrogen) atoms. The van der Waals surface area contributed by atoms with Crippen molar-refractivity contribution in [2.24, 2.45) is 0 Å². The molecule has 0 unspecified atom stereocenters. The van der Waals surface area contributed by atoms with Gasteiger partial charge in [0.2, 0.25) is 5.82 Å². The van der Waals surface area contributed by atoms with E-state index in [1.165, 1.54) is 43.7 Å². The number of rotatable bonds is 9. The second-order valence-electron chi connectivity index (χ2n) is 8.59. The smallest absolute Gasteiger partial charge is 0.214 e. The van der Waals surface area contributed by atoms with Gasteiger partial charge in [0.25, 0.3) is 0 Å². The van der Waals surface area contributed by atoms with Crippen molar-refractivity contribution in [3.05, 3.63) is 29.6 Å².